The number of fused-ring (bicyclic) bond motifs is 1. The Morgan fingerprint density at radius 2 is 2.07 bits per heavy atom. The maximum Gasteiger partial charge on any atom is 0.499 e. The van der Waals surface area contributed by atoms with E-state index in [-0.39, 0.29) is 0 Å². The summed E-state index contributed by atoms with van der Waals surface area (Å²) in [5, 5.41) is 19.5. The lowest BCUT2D eigenvalue weighted by molar-refractivity contribution is 0.427. The second kappa shape index (κ2) is 3.83. The third-order valence-corrected chi connectivity index (χ3v) is 4.32. The van der Waals surface area contributed by atoms with Crippen molar-refractivity contribution in [1.29, 1.82) is 0 Å². The molecule has 0 unspecified atom stereocenters. The molecule has 0 atom stereocenters. The van der Waals surface area contributed by atoms with E-state index in [1.165, 1.54) is 11.3 Å². The van der Waals surface area contributed by atoms with Gasteiger partial charge in [-0.25, -0.2) is 0 Å². The lowest BCUT2D eigenvalue weighted by atomic mass is 9.89. The number of hydrogen-bond donors (Lipinski definition) is 2. The van der Waals surface area contributed by atoms with Gasteiger partial charge in [0.15, 0.2) is 0 Å². The predicted octanol–water partition coefficient (Wildman–Crippen LogP) is 2.00. The molecule has 0 aliphatic rings. The van der Waals surface area contributed by atoms with Crippen molar-refractivity contribution in [2.24, 2.45) is 0 Å². The molecule has 2 aromatic rings. The van der Waals surface area contributed by atoms with Crippen molar-refractivity contribution in [3.05, 3.63) is 27.7 Å². The number of halogens is 2. The third kappa shape index (κ3) is 1.70. The zero-order valence-electron chi connectivity index (χ0n) is 6.87. The summed E-state index contributed by atoms with van der Waals surface area (Å²) < 4.78 is 2.34. The van der Waals surface area contributed by atoms with Crippen LogP contribution < -0.4 is 4.78 Å². The topological polar surface area (TPSA) is 40.5 Å². The molecule has 2 nitrogen and oxygen atoms in total. The minimum Gasteiger partial charge on any atom is -0.423 e. The van der Waals surface area contributed by atoms with Gasteiger partial charge >= 0.3 is 7.12 Å². The van der Waals surface area contributed by atoms with Crippen LogP contribution in [0, 0.1) is 0 Å². The van der Waals surface area contributed by atoms with Crippen LogP contribution in [0.4, 0.5) is 0 Å². The lowest BCUT2D eigenvalue weighted by Crippen LogP contribution is -2.26. The fourth-order valence-electron chi connectivity index (χ4n) is 1.20. The Labute approximate surface area is 98.4 Å². The Hall–Kier alpha value is -0.0651. The zero-order valence-corrected chi connectivity index (χ0v) is 10.0. The van der Waals surface area contributed by atoms with Gasteiger partial charge < -0.3 is 10.0 Å². The quantitative estimate of drug-likeness (QED) is 0.789. The fraction of sp³-hybridized carbons (Fsp3) is 0. The lowest BCUT2D eigenvalue weighted by Gasteiger charge is -1.94. The highest BCUT2D eigenvalue weighted by molar-refractivity contribution is 9.10. The van der Waals surface area contributed by atoms with Crippen molar-refractivity contribution in [1.82, 2.24) is 0 Å². The molecule has 0 fully saturated rings. The molecule has 0 saturated heterocycles. The van der Waals surface area contributed by atoms with Gasteiger partial charge in [-0.15, -0.1) is 11.3 Å². The first-order chi connectivity index (χ1) is 6.59. The number of rotatable bonds is 1. The molecular formula is C8H5BBrClO2S. The molecule has 2 N–H and O–H groups in total. The summed E-state index contributed by atoms with van der Waals surface area (Å²) in [6, 6.07) is 5.31. The highest BCUT2D eigenvalue weighted by Gasteiger charge is 2.16. The first kappa shape index (κ1) is 10.5. The minimum atomic E-state index is -1.43. The predicted molar refractivity (Wildman–Crippen MR) is 64.4 cm³/mol. The summed E-state index contributed by atoms with van der Waals surface area (Å²) in [6.07, 6.45) is 0. The van der Waals surface area contributed by atoms with E-state index in [0.717, 1.165) is 14.6 Å². The Morgan fingerprint density at radius 3 is 2.64 bits per heavy atom. The van der Waals surface area contributed by atoms with Crippen LogP contribution in [0.5, 0.6) is 0 Å². The van der Waals surface area contributed by atoms with Crippen LogP contribution in [0.2, 0.25) is 5.02 Å². The van der Waals surface area contributed by atoms with Crippen molar-refractivity contribution in [3.8, 4) is 0 Å². The summed E-state index contributed by atoms with van der Waals surface area (Å²) in [5.41, 5.74) is 0. The van der Waals surface area contributed by atoms with Crippen molar-refractivity contribution in [2.45, 2.75) is 0 Å². The van der Waals surface area contributed by atoms with E-state index in [2.05, 4.69) is 15.9 Å². The average molecular weight is 291 g/mol. The summed E-state index contributed by atoms with van der Waals surface area (Å²) in [5.74, 6) is 0. The van der Waals surface area contributed by atoms with Crippen molar-refractivity contribution in [2.75, 3.05) is 0 Å². The van der Waals surface area contributed by atoms with Crippen LogP contribution in [0.25, 0.3) is 10.1 Å². The van der Waals surface area contributed by atoms with Crippen LogP contribution in [0.15, 0.2) is 22.7 Å². The largest absolute Gasteiger partial charge is 0.499 e. The van der Waals surface area contributed by atoms with E-state index >= 15 is 0 Å². The van der Waals surface area contributed by atoms with Gasteiger partial charge in [0.2, 0.25) is 0 Å². The molecule has 6 heteroatoms. The minimum absolute atomic E-state index is 0.494. The molecule has 0 bridgehead atoms. The molecule has 1 heterocycles. The van der Waals surface area contributed by atoms with E-state index in [9.17, 15) is 0 Å². The van der Waals surface area contributed by atoms with Crippen LogP contribution >= 0.6 is 38.9 Å². The van der Waals surface area contributed by atoms with Gasteiger partial charge in [0, 0.05) is 24.4 Å². The molecule has 0 radical (unpaired) electrons. The Bertz CT molecular complexity index is 446. The van der Waals surface area contributed by atoms with Gasteiger partial charge in [0.1, 0.15) is 0 Å². The Morgan fingerprint density at radius 1 is 1.36 bits per heavy atom. The Kier molecular flexibility index (Phi) is 2.86. The van der Waals surface area contributed by atoms with Gasteiger partial charge in [0.05, 0.1) is 0 Å². The Balaban J connectivity index is 2.75. The number of thiophene rings is 1. The summed E-state index contributed by atoms with van der Waals surface area (Å²) in [7, 11) is -1.43. The monoisotopic (exact) mass is 290 g/mol. The van der Waals surface area contributed by atoms with Crippen molar-refractivity contribution >= 4 is 60.8 Å². The summed E-state index contributed by atoms with van der Waals surface area (Å²) in [6.45, 7) is 0. The van der Waals surface area contributed by atoms with E-state index in [1.54, 1.807) is 12.1 Å². The van der Waals surface area contributed by atoms with E-state index in [1.807, 2.05) is 6.07 Å². The molecule has 0 aliphatic carbocycles. The molecule has 2 rings (SSSR count). The molecule has 0 saturated carbocycles. The highest BCUT2D eigenvalue weighted by atomic mass is 79.9. The fourth-order valence-corrected chi connectivity index (χ4v) is 3.02. The first-order valence-electron chi connectivity index (χ1n) is 3.83. The zero-order chi connectivity index (χ0) is 10.3. The SMILES string of the molecule is OB(O)c1cc2c(Cl)ccc(Br)c2s1. The molecule has 0 aliphatic heterocycles. The smallest absolute Gasteiger partial charge is 0.423 e. The molecule has 14 heavy (non-hydrogen) atoms. The van der Waals surface area contributed by atoms with Gasteiger partial charge in [-0.2, -0.15) is 0 Å². The van der Waals surface area contributed by atoms with E-state index in [4.69, 9.17) is 21.6 Å². The molecule has 0 spiro atoms. The first-order valence-corrected chi connectivity index (χ1v) is 5.82. The normalized spacial score (nSPS) is 10.9. The molecule has 72 valence electrons. The number of hydrogen-bond acceptors (Lipinski definition) is 3. The van der Waals surface area contributed by atoms with Crippen LogP contribution in [-0.4, -0.2) is 17.2 Å². The summed E-state index contributed by atoms with van der Waals surface area (Å²) in [4.78, 5) is 0. The third-order valence-electron chi connectivity index (χ3n) is 1.86. The van der Waals surface area contributed by atoms with Crippen LogP contribution in [-0.2, 0) is 0 Å². The van der Waals surface area contributed by atoms with Crippen molar-refractivity contribution in [3.63, 3.8) is 0 Å². The molecular weight excluding hydrogens is 286 g/mol. The molecule has 0 amide bonds. The van der Waals surface area contributed by atoms with Gasteiger partial charge in [-0.1, -0.05) is 11.6 Å². The second-order valence-corrected chi connectivity index (χ2v) is 5.14. The van der Waals surface area contributed by atoms with Crippen LogP contribution in [0.3, 0.4) is 0 Å². The molecule has 1 aromatic heterocycles. The standard InChI is InChI=1S/C8H5BBrClO2S/c10-5-1-2-6(11)4-3-7(9(12)13)14-8(4)5/h1-3,12-13H. The summed E-state index contributed by atoms with van der Waals surface area (Å²) >= 11 is 10.7. The second-order valence-electron chi connectivity index (χ2n) is 2.79. The van der Waals surface area contributed by atoms with Gasteiger partial charge in [-0.3, -0.25) is 0 Å². The highest BCUT2D eigenvalue weighted by Crippen LogP contribution is 2.32. The number of benzene rings is 1. The maximum absolute atomic E-state index is 9.01. The van der Waals surface area contributed by atoms with E-state index in [0.29, 0.717) is 9.80 Å². The van der Waals surface area contributed by atoms with Crippen LogP contribution in [0.1, 0.15) is 0 Å². The van der Waals surface area contributed by atoms with Crippen molar-refractivity contribution < 1.29 is 10.0 Å². The van der Waals surface area contributed by atoms with Gasteiger partial charge in [0.25, 0.3) is 0 Å². The molecule has 1 aromatic carbocycles. The van der Waals surface area contributed by atoms with Gasteiger partial charge in [-0.05, 0) is 34.1 Å². The van der Waals surface area contributed by atoms with E-state index < -0.39 is 7.12 Å². The maximum atomic E-state index is 9.01. The average Bonchev–Trinajstić information content (AvgIpc) is 2.57.